The highest BCUT2D eigenvalue weighted by Crippen LogP contribution is 2.30. The zero-order chi connectivity index (χ0) is 25.9. The summed E-state index contributed by atoms with van der Waals surface area (Å²) in [6, 6.07) is 23.4. The molecule has 0 aliphatic heterocycles. The zero-order valence-electron chi connectivity index (χ0n) is 21.2. The molecule has 3 aromatic carbocycles. The number of amides is 1. The lowest BCUT2D eigenvalue weighted by molar-refractivity contribution is 0.0938. The van der Waals surface area contributed by atoms with Crippen LogP contribution < -0.4 is 5.32 Å². The van der Waals surface area contributed by atoms with E-state index in [0.717, 1.165) is 22.2 Å². The van der Waals surface area contributed by atoms with Gasteiger partial charge in [-0.25, -0.2) is 0 Å². The molecular weight excluding hydrogens is 488 g/mol. The van der Waals surface area contributed by atoms with Gasteiger partial charge in [0.1, 0.15) is 0 Å². The van der Waals surface area contributed by atoms with Gasteiger partial charge in [0.05, 0.1) is 11.7 Å². The van der Waals surface area contributed by atoms with E-state index in [-0.39, 0.29) is 17.4 Å². The summed E-state index contributed by atoms with van der Waals surface area (Å²) in [5, 5.41) is 13.5. The van der Waals surface area contributed by atoms with Gasteiger partial charge >= 0.3 is 0 Å². The van der Waals surface area contributed by atoms with Crippen LogP contribution in [0.2, 0.25) is 5.02 Å². The molecule has 1 amide bonds. The van der Waals surface area contributed by atoms with Crippen molar-refractivity contribution in [2.24, 2.45) is 0 Å². The number of nitrogens with one attached hydrogen (secondary N) is 1. The summed E-state index contributed by atoms with van der Waals surface area (Å²) in [7, 11) is 0. The number of hydrogen-bond acceptors (Lipinski definition) is 4. The largest absolute Gasteiger partial charge is 0.342 e. The molecule has 0 aliphatic rings. The highest BCUT2D eigenvalue weighted by atomic mass is 35.5. The first-order chi connectivity index (χ1) is 17.1. The molecule has 7 heteroatoms. The maximum Gasteiger partial charge on any atom is 0.251 e. The van der Waals surface area contributed by atoms with Crippen LogP contribution in [0.25, 0.3) is 5.69 Å². The lowest BCUT2D eigenvalue weighted by Crippen LogP contribution is -2.29. The smallest absolute Gasteiger partial charge is 0.251 e. The number of carbonyl (C=O) groups excluding carboxylic acids is 1. The van der Waals surface area contributed by atoms with Crippen molar-refractivity contribution in [1.29, 1.82) is 0 Å². The van der Waals surface area contributed by atoms with Crippen LogP contribution in [0.4, 0.5) is 0 Å². The molecule has 186 valence electrons. The van der Waals surface area contributed by atoms with Crippen molar-refractivity contribution in [1.82, 2.24) is 20.1 Å². The highest BCUT2D eigenvalue weighted by molar-refractivity contribution is 7.98. The van der Waals surface area contributed by atoms with E-state index in [1.165, 1.54) is 11.1 Å². The molecule has 0 bridgehead atoms. The van der Waals surface area contributed by atoms with Crippen LogP contribution in [0.15, 0.2) is 78.0 Å². The number of halogens is 1. The number of rotatable bonds is 7. The molecule has 1 unspecified atom stereocenters. The van der Waals surface area contributed by atoms with Gasteiger partial charge in [-0.05, 0) is 60.2 Å². The Labute approximate surface area is 222 Å². The van der Waals surface area contributed by atoms with E-state index >= 15 is 0 Å². The number of nitrogens with zero attached hydrogens (tertiary/aromatic N) is 3. The van der Waals surface area contributed by atoms with Gasteiger partial charge in [-0.15, -0.1) is 10.2 Å². The minimum Gasteiger partial charge on any atom is -0.342 e. The van der Waals surface area contributed by atoms with Crippen LogP contribution in [-0.2, 0) is 11.2 Å². The highest BCUT2D eigenvalue weighted by Gasteiger charge is 2.23. The standard InChI is InChI=1S/C29H31ClN4OS/c1-19-11-16-24(30)17-25(19)34-26(32-33-28(34)36-18-21-9-7-6-8-10-21)20(2)31-27(35)22-12-14-23(15-13-22)29(3,4)5/h6-17,20H,18H2,1-5H3,(H,31,35). The van der Waals surface area contributed by atoms with E-state index in [1.54, 1.807) is 11.8 Å². The molecule has 0 saturated heterocycles. The first kappa shape index (κ1) is 26.0. The van der Waals surface area contributed by atoms with Crippen LogP contribution in [0.3, 0.4) is 0 Å². The van der Waals surface area contributed by atoms with Crippen LogP contribution in [0.5, 0.6) is 0 Å². The van der Waals surface area contributed by atoms with Gasteiger partial charge in [0.25, 0.3) is 5.91 Å². The second kappa shape index (κ2) is 10.9. The lowest BCUT2D eigenvalue weighted by Gasteiger charge is -2.20. The van der Waals surface area contributed by atoms with Crippen LogP contribution in [-0.4, -0.2) is 20.7 Å². The third-order valence-corrected chi connectivity index (χ3v) is 7.26. The average molecular weight is 519 g/mol. The number of thioether (sulfide) groups is 1. The molecule has 36 heavy (non-hydrogen) atoms. The quantitative estimate of drug-likeness (QED) is 0.260. The SMILES string of the molecule is Cc1ccc(Cl)cc1-n1c(SCc2ccccc2)nnc1C(C)NC(=O)c1ccc(C(C)(C)C)cc1. The fourth-order valence-electron chi connectivity index (χ4n) is 3.89. The summed E-state index contributed by atoms with van der Waals surface area (Å²) in [5.74, 6) is 1.24. The monoisotopic (exact) mass is 518 g/mol. The summed E-state index contributed by atoms with van der Waals surface area (Å²) >= 11 is 7.97. The van der Waals surface area contributed by atoms with Crippen molar-refractivity contribution in [3.05, 3.63) is 106 Å². The van der Waals surface area contributed by atoms with Gasteiger partial charge < -0.3 is 5.32 Å². The summed E-state index contributed by atoms with van der Waals surface area (Å²) < 4.78 is 2.00. The summed E-state index contributed by atoms with van der Waals surface area (Å²) in [5.41, 5.74) is 4.96. The number of carbonyl (C=O) groups is 1. The van der Waals surface area contributed by atoms with Gasteiger partial charge in [0.15, 0.2) is 11.0 Å². The Morgan fingerprint density at radius 1 is 1.03 bits per heavy atom. The second-order valence-corrected chi connectivity index (χ2v) is 11.3. The molecule has 4 aromatic rings. The molecule has 1 N–H and O–H groups in total. The summed E-state index contributed by atoms with van der Waals surface area (Å²) in [6.45, 7) is 10.4. The Hall–Kier alpha value is -3.09. The van der Waals surface area contributed by atoms with Crippen molar-refractivity contribution in [2.45, 2.75) is 57.0 Å². The fraction of sp³-hybridized carbons (Fsp3) is 0.276. The van der Waals surface area contributed by atoms with Gasteiger partial charge in [-0.3, -0.25) is 9.36 Å². The molecular formula is C29H31ClN4OS. The lowest BCUT2D eigenvalue weighted by atomic mass is 9.86. The van der Waals surface area contributed by atoms with E-state index < -0.39 is 0 Å². The normalized spacial score (nSPS) is 12.4. The van der Waals surface area contributed by atoms with Crippen molar-refractivity contribution in [3.8, 4) is 5.69 Å². The molecule has 1 heterocycles. The predicted octanol–water partition coefficient (Wildman–Crippen LogP) is 7.31. The number of hydrogen-bond donors (Lipinski definition) is 1. The molecule has 0 aliphatic carbocycles. The average Bonchev–Trinajstić information content (AvgIpc) is 3.28. The molecule has 0 saturated carbocycles. The van der Waals surface area contributed by atoms with E-state index in [0.29, 0.717) is 16.4 Å². The maximum atomic E-state index is 13.1. The van der Waals surface area contributed by atoms with Gasteiger partial charge in [0, 0.05) is 16.3 Å². The first-order valence-corrected chi connectivity index (χ1v) is 13.3. The predicted molar refractivity (Wildman–Crippen MR) is 148 cm³/mol. The van der Waals surface area contributed by atoms with Crippen LogP contribution >= 0.6 is 23.4 Å². The number of benzene rings is 3. The summed E-state index contributed by atoms with van der Waals surface area (Å²) in [6.07, 6.45) is 0. The van der Waals surface area contributed by atoms with E-state index in [4.69, 9.17) is 11.6 Å². The number of aryl methyl sites for hydroxylation is 1. The molecule has 0 fully saturated rings. The second-order valence-electron chi connectivity index (χ2n) is 9.90. The van der Waals surface area contributed by atoms with E-state index in [1.807, 2.05) is 79.1 Å². The Balaban J connectivity index is 1.63. The first-order valence-electron chi connectivity index (χ1n) is 11.9. The minimum atomic E-state index is -0.378. The third kappa shape index (κ3) is 6.00. The molecule has 0 radical (unpaired) electrons. The molecule has 1 atom stereocenters. The Kier molecular flexibility index (Phi) is 7.86. The van der Waals surface area contributed by atoms with Crippen molar-refractivity contribution < 1.29 is 4.79 Å². The molecule has 1 aromatic heterocycles. The number of aromatic nitrogens is 3. The van der Waals surface area contributed by atoms with Gasteiger partial charge in [-0.1, -0.05) is 92.7 Å². The topological polar surface area (TPSA) is 59.8 Å². The zero-order valence-corrected chi connectivity index (χ0v) is 22.8. The Bertz CT molecular complexity index is 1340. The molecule has 5 nitrogen and oxygen atoms in total. The summed E-state index contributed by atoms with van der Waals surface area (Å²) in [4.78, 5) is 13.1. The van der Waals surface area contributed by atoms with Crippen molar-refractivity contribution in [2.75, 3.05) is 0 Å². The van der Waals surface area contributed by atoms with Crippen molar-refractivity contribution >= 4 is 29.3 Å². The van der Waals surface area contributed by atoms with E-state index in [2.05, 4.69) is 48.4 Å². The van der Waals surface area contributed by atoms with Crippen LogP contribution in [0, 0.1) is 6.92 Å². The molecule has 4 rings (SSSR count). The fourth-order valence-corrected chi connectivity index (χ4v) is 4.97. The Morgan fingerprint density at radius 3 is 2.39 bits per heavy atom. The van der Waals surface area contributed by atoms with E-state index in [9.17, 15) is 4.79 Å². The minimum absolute atomic E-state index is 0.0291. The van der Waals surface area contributed by atoms with Gasteiger partial charge in [0.2, 0.25) is 0 Å². The maximum absolute atomic E-state index is 13.1. The van der Waals surface area contributed by atoms with Crippen molar-refractivity contribution in [3.63, 3.8) is 0 Å². The van der Waals surface area contributed by atoms with Gasteiger partial charge in [-0.2, -0.15) is 0 Å². The molecule has 0 spiro atoms. The third-order valence-electron chi connectivity index (χ3n) is 6.03. The van der Waals surface area contributed by atoms with Crippen LogP contribution in [0.1, 0.15) is 66.6 Å². The Morgan fingerprint density at radius 2 is 1.72 bits per heavy atom.